The third kappa shape index (κ3) is 3.89. The number of ether oxygens (including phenoxy) is 1. The summed E-state index contributed by atoms with van der Waals surface area (Å²) in [7, 11) is 0. The average Bonchev–Trinajstić information content (AvgIpc) is 2.55. The van der Waals surface area contributed by atoms with E-state index in [1.165, 1.54) is 44.1 Å². The number of aliphatic hydroxyl groups is 1. The number of nitrogens with one attached hydrogen (secondary N) is 1. The van der Waals surface area contributed by atoms with Crippen molar-refractivity contribution in [1.29, 1.82) is 0 Å². The van der Waals surface area contributed by atoms with Gasteiger partial charge in [0.25, 0.3) is 0 Å². The molecule has 2 aliphatic rings. The highest BCUT2D eigenvalue weighted by molar-refractivity contribution is 5.19. The van der Waals surface area contributed by atoms with Crippen LogP contribution >= 0.6 is 0 Å². The molecule has 0 radical (unpaired) electrons. The van der Waals surface area contributed by atoms with Gasteiger partial charge in [0.1, 0.15) is 0 Å². The number of benzene rings is 1. The van der Waals surface area contributed by atoms with Crippen LogP contribution in [0.15, 0.2) is 30.3 Å². The van der Waals surface area contributed by atoms with Crippen molar-refractivity contribution >= 4 is 0 Å². The highest BCUT2D eigenvalue weighted by Gasteiger charge is 2.38. The molecule has 1 unspecified atom stereocenters. The Morgan fingerprint density at radius 3 is 2.45 bits per heavy atom. The van der Waals surface area contributed by atoms with Crippen molar-refractivity contribution < 1.29 is 9.84 Å². The monoisotopic (exact) mass is 303 g/mol. The summed E-state index contributed by atoms with van der Waals surface area (Å²) in [4.78, 5) is 0. The van der Waals surface area contributed by atoms with Crippen LogP contribution in [0.3, 0.4) is 0 Å². The van der Waals surface area contributed by atoms with Crippen molar-refractivity contribution in [3.05, 3.63) is 35.9 Å². The van der Waals surface area contributed by atoms with Crippen molar-refractivity contribution in [3.8, 4) is 0 Å². The first kappa shape index (κ1) is 16.0. The Morgan fingerprint density at radius 2 is 1.86 bits per heavy atom. The Hall–Kier alpha value is -0.900. The van der Waals surface area contributed by atoms with E-state index in [1.54, 1.807) is 0 Å². The Labute approximate surface area is 134 Å². The normalized spacial score (nSPS) is 23.0. The zero-order valence-corrected chi connectivity index (χ0v) is 13.5. The van der Waals surface area contributed by atoms with Gasteiger partial charge < -0.3 is 15.2 Å². The SMILES string of the molecule is OCC1(CNC(CC2CCCCC2)c2ccccc2)COC1. The molecular formula is C19H29NO2. The fourth-order valence-electron chi connectivity index (χ4n) is 3.76. The molecule has 122 valence electrons. The molecule has 0 bridgehead atoms. The Kier molecular flexibility index (Phi) is 5.51. The minimum absolute atomic E-state index is 0.0560. The molecule has 1 aromatic rings. The van der Waals surface area contributed by atoms with Crippen molar-refractivity contribution in [1.82, 2.24) is 5.32 Å². The van der Waals surface area contributed by atoms with Crippen molar-refractivity contribution in [3.63, 3.8) is 0 Å². The molecule has 3 nitrogen and oxygen atoms in total. The summed E-state index contributed by atoms with van der Waals surface area (Å²) in [5.74, 6) is 0.842. The lowest BCUT2D eigenvalue weighted by atomic mass is 9.82. The lowest BCUT2D eigenvalue weighted by Gasteiger charge is -2.41. The molecule has 0 spiro atoms. The molecule has 3 heteroatoms. The second kappa shape index (κ2) is 7.58. The van der Waals surface area contributed by atoms with Gasteiger partial charge in [0, 0.05) is 12.6 Å². The molecular weight excluding hydrogens is 274 g/mol. The van der Waals surface area contributed by atoms with E-state index in [2.05, 4.69) is 35.6 Å². The zero-order chi connectivity index (χ0) is 15.3. The molecule has 1 heterocycles. The van der Waals surface area contributed by atoms with Gasteiger partial charge in [0.2, 0.25) is 0 Å². The van der Waals surface area contributed by atoms with Crippen LogP contribution in [0.25, 0.3) is 0 Å². The fraction of sp³-hybridized carbons (Fsp3) is 0.684. The van der Waals surface area contributed by atoms with E-state index in [4.69, 9.17) is 4.74 Å². The average molecular weight is 303 g/mol. The number of hydrogen-bond acceptors (Lipinski definition) is 3. The molecule has 1 saturated carbocycles. The molecule has 3 rings (SSSR count). The molecule has 1 atom stereocenters. The van der Waals surface area contributed by atoms with E-state index < -0.39 is 0 Å². The minimum Gasteiger partial charge on any atom is -0.396 e. The van der Waals surface area contributed by atoms with E-state index >= 15 is 0 Å². The van der Waals surface area contributed by atoms with Gasteiger partial charge in [-0.15, -0.1) is 0 Å². The molecule has 22 heavy (non-hydrogen) atoms. The summed E-state index contributed by atoms with van der Waals surface area (Å²) in [6, 6.07) is 11.2. The van der Waals surface area contributed by atoms with Gasteiger partial charge in [-0.2, -0.15) is 0 Å². The molecule has 2 N–H and O–H groups in total. The Morgan fingerprint density at radius 1 is 1.14 bits per heavy atom. The molecule has 1 saturated heterocycles. The summed E-state index contributed by atoms with van der Waals surface area (Å²) < 4.78 is 5.32. The van der Waals surface area contributed by atoms with Crippen LogP contribution in [0, 0.1) is 11.3 Å². The Balaban J connectivity index is 1.63. The maximum atomic E-state index is 9.62. The van der Waals surface area contributed by atoms with Crippen LogP contribution in [-0.2, 0) is 4.74 Å². The summed E-state index contributed by atoms with van der Waals surface area (Å²) in [5, 5.41) is 13.4. The van der Waals surface area contributed by atoms with Gasteiger partial charge in [-0.3, -0.25) is 0 Å². The standard InChI is InChI=1S/C19H29NO2/c21-13-19(14-22-15-19)12-20-18(17-9-5-2-6-10-17)11-16-7-3-1-4-8-16/h2,5-6,9-10,16,18,20-21H,1,3-4,7-8,11-15H2. The summed E-state index contributed by atoms with van der Waals surface area (Å²) in [5.41, 5.74) is 1.32. The van der Waals surface area contributed by atoms with E-state index in [9.17, 15) is 5.11 Å². The van der Waals surface area contributed by atoms with Gasteiger partial charge >= 0.3 is 0 Å². The van der Waals surface area contributed by atoms with Crippen molar-refractivity contribution in [2.24, 2.45) is 11.3 Å². The summed E-state index contributed by atoms with van der Waals surface area (Å²) in [6.45, 7) is 2.42. The van der Waals surface area contributed by atoms with Crippen molar-refractivity contribution in [2.45, 2.75) is 44.6 Å². The van der Waals surface area contributed by atoms with E-state index in [0.29, 0.717) is 19.3 Å². The van der Waals surface area contributed by atoms with Gasteiger partial charge in [0.15, 0.2) is 0 Å². The summed E-state index contributed by atoms with van der Waals surface area (Å²) in [6.07, 6.45) is 8.15. The van der Waals surface area contributed by atoms with Crippen LogP contribution in [0.5, 0.6) is 0 Å². The molecule has 1 aromatic carbocycles. The van der Waals surface area contributed by atoms with E-state index in [0.717, 1.165) is 12.5 Å². The van der Waals surface area contributed by atoms with Crippen LogP contribution in [0.1, 0.15) is 50.1 Å². The predicted molar refractivity (Wildman–Crippen MR) is 88.7 cm³/mol. The summed E-state index contributed by atoms with van der Waals surface area (Å²) >= 11 is 0. The first-order chi connectivity index (χ1) is 10.8. The van der Waals surface area contributed by atoms with E-state index in [1.807, 2.05) is 0 Å². The highest BCUT2D eigenvalue weighted by atomic mass is 16.5. The second-order valence-electron chi connectivity index (χ2n) is 7.23. The maximum absolute atomic E-state index is 9.62. The topological polar surface area (TPSA) is 41.5 Å². The third-order valence-corrected chi connectivity index (χ3v) is 5.37. The van der Waals surface area contributed by atoms with Gasteiger partial charge in [0.05, 0.1) is 25.2 Å². The second-order valence-corrected chi connectivity index (χ2v) is 7.23. The smallest absolute Gasteiger partial charge is 0.0579 e. The largest absolute Gasteiger partial charge is 0.396 e. The van der Waals surface area contributed by atoms with Gasteiger partial charge in [-0.05, 0) is 17.9 Å². The van der Waals surface area contributed by atoms with Crippen LogP contribution in [0.4, 0.5) is 0 Å². The number of aliphatic hydroxyl groups excluding tert-OH is 1. The molecule has 1 aliphatic heterocycles. The first-order valence-corrected chi connectivity index (χ1v) is 8.78. The number of rotatable bonds is 7. The lowest BCUT2D eigenvalue weighted by Crippen LogP contribution is -2.52. The fourth-order valence-corrected chi connectivity index (χ4v) is 3.76. The maximum Gasteiger partial charge on any atom is 0.0579 e. The van der Waals surface area contributed by atoms with Crippen LogP contribution < -0.4 is 5.32 Å². The van der Waals surface area contributed by atoms with Crippen molar-refractivity contribution in [2.75, 3.05) is 26.4 Å². The van der Waals surface area contributed by atoms with E-state index in [-0.39, 0.29) is 12.0 Å². The van der Waals surface area contributed by atoms with Crippen LogP contribution in [0.2, 0.25) is 0 Å². The molecule has 2 fully saturated rings. The molecule has 1 aliphatic carbocycles. The quantitative estimate of drug-likeness (QED) is 0.812. The van der Waals surface area contributed by atoms with Crippen LogP contribution in [-0.4, -0.2) is 31.5 Å². The first-order valence-electron chi connectivity index (χ1n) is 8.78. The third-order valence-electron chi connectivity index (χ3n) is 5.37. The predicted octanol–water partition coefficient (Wildman–Crippen LogP) is 3.30. The zero-order valence-electron chi connectivity index (χ0n) is 13.5. The number of hydrogen-bond donors (Lipinski definition) is 2. The highest BCUT2D eigenvalue weighted by Crippen LogP contribution is 2.33. The molecule has 0 aromatic heterocycles. The van der Waals surface area contributed by atoms with Gasteiger partial charge in [-0.1, -0.05) is 62.4 Å². The van der Waals surface area contributed by atoms with Gasteiger partial charge in [-0.25, -0.2) is 0 Å². The minimum atomic E-state index is -0.0560. The molecule has 0 amide bonds. The Bertz CT molecular complexity index is 432. The lowest BCUT2D eigenvalue weighted by molar-refractivity contribution is -0.135.